The van der Waals surface area contributed by atoms with E-state index in [4.69, 9.17) is 0 Å². The van der Waals surface area contributed by atoms with Gasteiger partial charge >= 0.3 is 0 Å². The Kier molecular flexibility index (Phi) is 2.92. The summed E-state index contributed by atoms with van der Waals surface area (Å²) >= 11 is 0. The Labute approximate surface area is 150 Å². The molecule has 0 N–H and O–H groups in total. The van der Waals surface area contributed by atoms with E-state index in [1.165, 1.54) is 11.9 Å². The first kappa shape index (κ1) is 15.5. The second kappa shape index (κ2) is 4.90. The normalized spacial score (nSPS) is 37.6. The van der Waals surface area contributed by atoms with Gasteiger partial charge in [-0.05, 0) is 19.1 Å². The molecule has 2 heterocycles. The lowest BCUT2D eigenvalue weighted by molar-refractivity contribution is -0.138. The topological polar surface area (TPSA) is 74.8 Å². The Balaban J connectivity index is 1.59. The highest BCUT2D eigenvalue weighted by molar-refractivity contribution is 6.23. The van der Waals surface area contributed by atoms with Crippen LogP contribution in [-0.4, -0.2) is 35.6 Å². The largest absolute Gasteiger partial charge is 0.285 e. The van der Waals surface area contributed by atoms with E-state index in [1.54, 1.807) is 12.1 Å². The van der Waals surface area contributed by atoms with Gasteiger partial charge in [0, 0.05) is 18.9 Å². The smallest absolute Gasteiger partial charge is 0.238 e. The number of likely N-dealkylation sites (tertiary alicyclic amines) is 1. The highest BCUT2D eigenvalue weighted by Crippen LogP contribution is 2.57. The molecule has 26 heavy (non-hydrogen) atoms. The highest BCUT2D eigenvalue weighted by Gasteiger charge is 2.68. The maximum Gasteiger partial charge on any atom is 0.238 e. The molecule has 6 heteroatoms. The molecular weight excluding hydrogens is 332 g/mol. The van der Waals surface area contributed by atoms with E-state index in [2.05, 4.69) is 0 Å². The number of allylic oxidation sites excluding steroid dienone is 2. The van der Waals surface area contributed by atoms with Crippen molar-refractivity contribution in [1.29, 1.82) is 0 Å². The first-order chi connectivity index (χ1) is 12.4. The number of anilines is 1. The van der Waals surface area contributed by atoms with E-state index in [1.807, 2.05) is 31.2 Å². The lowest BCUT2D eigenvalue weighted by Gasteiger charge is -2.44. The van der Waals surface area contributed by atoms with Gasteiger partial charge in [0.15, 0.2) is 0 Å². The van der Waals surface area contributed by atoms with Crippen molar-refractivity contribution >= 4 is 29.3 Å². The predicted molar refractivity (Wildman–Crippen MR) is 91.5 cm³/mol. The van der Waals surface area contributed by atoms with Crippen LogP contribution in [0.2, 0.25) is 0 Å². The van der Waals surface area contributed by atoms with E-state index < -0.39 is 23.7 Å². The van der Waals surface area contributed by atoms with Gasteiger partial charge in [-0.1, -0.05) is 29.8 Å². The van der Waals surface area contributed by atoms with Gasteiger partial charge < -0.3 is 0 Å². The second-order valence-electron chi connectivity index (χ2n) is 7.73. The third-order valence-electron chi connectivity index (χ3n) is 6.52. The zero-order valence-electron chi connectivity index (χ0n) is 14.5. The Morgan fingerprint density at radius 3 is 1.58 bits per heavy atom. The predicted octanol–water partition coefficient (Wildman–Crippen LogP) is 1.15. The molecule has 4 amide bonds. The van der Waals surface area contributed by atoms with E-state index in [-0.39, 0.29) is 35.5 Å². The Hall–Kier alpha value is -2.76. The molecule has 2 saturated heterocycles. The molecule has 2 bridgehead atoms. The van der Waals surface area contributed by atoms with E-state index in [9.17, 15) is 19.2 Å². The van der Waals surface area contributed by atoms with Crippen molar-refractivity contribution in [2.24, 2.45) is 35.5 Å². The third kappa shape index (κ3) is 1.67. The molecule has 1 aromatic carbocycles. The minimum atomic E-state index is -0.552. The Morgan fingerprint density at radius 1 is 0.692 bits per heavy atom. The van der Waals surface area contributed by atoms with Crippen molar-refractivity contribution in [3.05, 3.63) is 42.0 Å². The number of aryl methyl sites for hydroxylation is 1. The molecule has 6 atom stereocenters. The lowest BCUT2D eigenvalue weighted by atomic mass is 9.54. The molecule has 1 saturated carbocycles. The summed E-state index contributed by atoms with van der Waals surface area (Å²) in [6, 6.07) is 7.26. The number of carbonyl (C=O) groups excluding carboxylic acids is 4. The molecule has 2 aliphatic heterocycles. The number of imide groups is 2. The van der Waals surface area contributed by atoms with Crippen LogP contribution in [0.5, 0.6) is 0 Å². The fourth-order valence-corrected chi connectivity index (χ4v) is 5.32. The minimum absolute atomic E-state index is 0.230. The summed E-state index contributed by atoms with van der Waals surface area (Å²) in [5.74, 6) is -3.87. The number of rotatable bonds is 1. The fourth-order valence-electron chi connectivity index (χ4n) is 5.32. The lowest BCUT2D eigenvalue weighted by Crippen LogP contribution is -2.50. The van der Waals surface area contributed by atoms with E-state index >= 15 is 0 Å². The molecule has 6 unspecified atom stereocenters. The van der Waals surface area contributed by atoms with Gasteiger partial charge in [-0.3, -0.25) is 29.0 Å². The number of hydrogen-bond donors (Lipinski definition) is 0. The van der Waals surface area contributed by atoms with Gasteiger partial charge in [-0.2, -0.15) is 0 Å². The zero-order valence-corrected chi connectivity index (χ0v) is 14.5. The van der Waals surface area contributed by atoms with Crippen LogP contribution in [0.25, 0.3) is 0 Å². The van der Waals surface area contributed by atoms with Crippen LogP contribution < -0.4 is 4.90 Å². The zero-order chi connectivity index (χ0) is 18.3. The quantitative estimate of drug-likeness (QED) is 0.562. The van der Waals surface area contributed by atoms with Crippen LogP contribution in [0.1, 0.15) is 5.56 Å². The Morgan fingerprint density at radius 2 is 1.12 bits per heavy atom. The third-order valence-corrected chi connectivity index (χ3v) is 6.52. The molecule has 3 fully saturated rings. The number of amides is 4. The summed E-state index contributed by atoms with van der Waals surface area (Å²) in [5, 5.41) is 0. The van der Waals surface area contributed by atoms with Crippen LogP contribution in [0.15, 0.2) is 36.4 Å². The van der Waals surface area contributed by atoms with Crippen molar-refractivity contribution in [2.75, 3.05) is 11.9 Å². The maximum absolute atomic E-state index is 13.1. The molecule has 0 aromatic heterocycles. The maximum atomic E-state index is 13.1. The summed E-state index contributed by atoms with van der Waals surface area (Å²) in [4.78, 5) is 53.8. The monoisotopic (exact) mass is 350 g/mol. The van der Waals surface area contributed by atoms with Crippen molar-refractivity contribution in [3.8, 4) is 0 Å². The molecule has 6 nitrogen and oxygen atoms in total. The second-order valence-corrected chi connectivity index (χ2v) is 7.73. The first-order valence-corrected chi connectivity index (χ1v) is 8.86. The van der Waals surface area contributed by atoms with Crippen molar-refractivity contribution < 1.29 is 19.2 Å². The molecule has 6 rings (SSSR count). The van der Waals surface area contributed by atoms with Gasteiger partial charge in [-0.15, -0.1) is 0 Å². The summed E-state index contributed by atoms with van der Waals surface area (Å²) in [5.41, 5.74) is 1.60. The summed E-state index contributed by atoms with van der Waals surface area (Å²) in [6.45, 7) is 1.94. The molecule has 1 aromatic rings. The van der Waals surface area contributed by atoms with Crippen molar-refractivity contribution in [3.63, 3.8) is 0 Å². The van der Waals surface area contributed by atoms with Gasteiger partial charge in [-0.25, -0.2) is 0 Å². The number of hydrogen-bond acceptors (Lipinski definition) is 4. The minimum Gasteiger partial charge on any atom is -0.285 e. The molecule has 132 valence electrons. The van der Waals surface area contributed by atoms with Gasteiger partial charge in [0.05, 0.1) is 29.4 Å². The Bertz CT molecular complexity index is 853. The number of carbonyl (C=O) groups is 4. The van der Waals surface area contributed by atoms with Crippen molar-refractivity contribution in [1.82, 2.24) is 4.90 Å². The number of benzene rings is 1. The summed E-state index contributed by atoms with van der Waals surface area (Å²) < 4.78 is 0. The standard InChI is InChI=1S/C20H18N2O4/c1-9-3-5-10(6-4-9)22-19(25)15-11-7-8-12(16(15)20(22)26)14-13(11)17(23)21(2)18(14)24/h3-8,11-16H,1-2H3. The SMILES string of the molecule is Cc1ccc(N2C(=O)C3C4C=CC(C5C(=O)N(C)C(=O)C45)C3C2=O)cc1. The highest BCUT2D eigenvalue weighted by atomic mass is 16.2. The van der Waals surface area contributed by atoms with Gasteiger partial charge in [0.25, 0.3) is 0 Å². The van der Waals surface area contributed by atoms with Crippen LogP contribution in [0.3, 0.4) is 0 Å². The molecule has 5 aliphatic rings. The van der Waals surface area contributed by atoms with Crippen LogP contribution in [-0.2, 0) is 19.2 Å². The van der Waals surface area contributed by atoms with Gasteiger partial charge in [0.2, 0.25) is 23.6 Å². The fraction of sp³-hybridized carbons (Fsp3) is 0.400. The van der Waals surface area contributed by atoms with Crippen LogP contribution >= 0.6 is 0 Å². The van der Waals surface area contributed by atoms with Crippen LogP contribution in [0.4, 0.5) is 5.69 Å². The average Bonchev–Trinajstić information content (AvgIpc) is 3.05. The van der Waals surface area contributed by atoms with Crippen molar-refractivity contribution in [2.45, 2.75) is 6.92 Å². The molecule has 3 aliphatic carbocycles. The molecule has 0 spiro atoms. The van der Waals surface area contributed by atoms with E-state index in [0.29, 0.717) is 5.69 Å². The first-order valence-electron chi connectivity index (χ1n) is 8.86. The van der Waals surface area contributed by atoms with Crippen LogP contribution in [0, 0.1) is 42.4 Å². The molecule has 0 radical (unpaired) electrons. The van der Waals surface area contributed by atoms with E-state index in [0.717, 1.165) is 10.5 Å². The summed E-state index contributed by atoms with van der Waals surface area (Å²) in [6.07, 6.45) is 3.75. The number of nitrogens with zero attached hydrogens (tertiary/aromatic N) is 2. The average molecular weight is 350 g/mol. The summed E-state index contributed by atoms with van der Waals surface area (Å²) in [7, 11) is 1.49. The molecular formula is C20H18N2O4. The van der Waals surface area contributed by atoms with Gasteiger partial charge in [0.1, 0.15) is 0 Å².